The second kappa shape index (κ2) is 4.57. The molecule has 0 aromatic heterocycles. The molecule has 4 heteroatoms. The van der Waals surface area contributed by atoms with Crippen LogP contribution in [0.2, 0.25) is 0 Å². The molecular formula is C6H14N2OS. The van der Waals surface area contributed by atoms with Gasteiger partial charge in [-0.2, -0.15) is 0 Å². The molecule has 0 aromatic carbocycles. The lowest BCUT2D eigenvalue weighted by Gasteiger charge is -2.13. The zero-order valence-corrected chi connectivity index (χ0v) is 7.37. The summed E-state index contributed by atoms with van der Waals surface area (Å²) in [7, 11) is 0. The quantitative estimate of drug-likeness (QED) is 0.589. The number of amides is 1. The lowest BCUT2D eigenvalue weighted by Crippen LogP contribution is -2.41. The molecule has 0 radical (unpaired) electrons. The van der Waals surface area contributed by atoms with Crippen molar-refractivity contribution in [1.29, 1.82) is 0 Å². The summed E-state index contributed by atoms with van der Waals surface area (Å²) >= 11 is 1.28. The molecule has 1 unspecified atom stereocenters. The number of nitrogens with one attached hydrogen (secondary N) is 1. The average Bonchev–Trinajstić information content (AvgIpc) is 1.87. The van der Waals surface area contributed by atoms with Gasteiger partial charge in [0.2, 0.25) is 5.91 Å². The summed E-state index contributed by atoms with van der Waals surface area (Å²) in [6, 6.07) is -0.382. The van der Waals surface area contributed by atoms with Crippen molar-refractivity contribution in [2.45, 2.75) is 19.9 Å². The van der Waals surface area contributed by atoms with Gasteiger partial charge in [-0.3, -0.25) is 9.52 Å². The highest BCUT2D eigenvalue weighted by Gasteiger charge is 2.15. The Morgan fingerprint density at radius 3 is 2.40 bits per heavy atom. The van der Waals surface area contributed by atoms with E-state index >= 15 is 0 Å². The second-order valence-electron chi connectivity index (χ2n) is 2.44. The standard InChI is InChI=1S/C6H14N2OS/c1-4(2)5(7)6(9)8-10-3/h4-5H,7H2,1-3H3,(H,8,9). The summed E-state index contributed by atoms with van der Waals surface area (Å²) < 4.78 is 2.58. The first kappa shape index (κ1) is 9.78. The van der Waals surface area contributed by atoms with Crippen LogP contribution < -0.4 is 10.5 Å². The molecule has 0 aromatic rings. The number of carbonyl (C=O) groups is 1. The predicted octanol–water partition coefficient (Wildman–Crippen LogP) is 0.364. The van der Waals surface area contributed by atoms with Crippen LogP contribution in [0.4, 0.5) is 0 Å². The van der Waals surface area contributed by atoms with Crippen LogP contribution in [0, 0.1) is 5.92 Å². The minimum absolute atomic E-state index is 0.0949. The molecule has 0 aliphatic heterocycles. The number of hydrogen-bond acceptors (Lipinski definition) is 3. The normalized spacial score (nSPS) is 13.3. The first-order valence-electron chi connectivity index (χ1n) is 3.18. The van der Waals surface area contributed by atoms with Gasteiger partial charge in [0.05, 0.1) is 6.04 Å². The van der Waals surface area contributed by atoms with E-state index in [2.05, 4.69) is 4.72 Å². The highest BCUT2D eigenvalue weighted by molar-refractivity contribution is 7.97. The Balaban J connectivity index is 3.71. The van der Waals surface area contributed by atoms with Gasteiger partial charge in [0.1, 0.15) is 0 Å². The Kier molecular flexibility index (Phi) is 4.47. The van der Waals surface area contributed by atoms with Gasteiger partial charge in [0, 0.05) is 6.26 Å². The van der Waals surface area contributed by atoms with Gasteiger partial charge in [-0.15, -0.1) is 0 Å². The monoisotopic (exact) mass is 162 g/mol. The molecule has 0 saturated carbocycles. The summed E-state index contributed by atoms with van der Waals surface area (Å²) in [5.41, 5.74) is 5.52. The summed E-state index contributed by atoms with van der Waals surface area (Å²) in [5.74, 6) is 0.106. The van der Waals surface area contributed by atoms with Crippen LogP contribution in [0.15, 0.2) is 0 Å². The van der Waals surface area contributed by atoms with Gasteiger partial charge < -0.3 is 5.73 Å². The maximum absolute atomic E-state index is 10.9. The molecular weight excluding hydrogens is 148 g/mol. The van der Waals surface area contributed by atoms with Gasteiger partial charge in [0.25, 0.3) is 0 Å². The van der Waals surface area contributed by atoms with Crippen molar-refractivity contribution in [3.63, 3.8) is 0 Å². The lowest BCUT2D eigenvalue weighted by atomic mass is 10.1. The van der Waals surface area contributed by atoms with E-state index in [1.807, 2.05) is 13.8 Å². The predicted molar refractivity (Wildman–Crippen MR) is 44.5 cm³/mol. The van der Waals surface area contributed by atoms with Gasteiger partial charge in [-0.1, -0.05) is 25.8 Å². The second-order valence-corrected chi connectivity index (χ2v) is 3.05. The highest BCUT2D eigenvalue weighted by atomic mass is 32.2. The largest absolute Gasteiger partial charge is 0.320 e. The Hall–Kier alpha value is -0.220. The van der Waals surface area contributed by atoms with Gasteiger partial charge in [-0.25, -0.2) is 0 Å². The van der Waals surface area contributed by atoms with Crippen molar-refractivity contribution in [2.24, 2.45) is 11.7 Å². The molecule has 10 heavy (non-hydrogen) atoms. The van der Waals surface area contributed by atoms with Crippen molar-refractivity contribution in [3.8, 4) is 0 Å². The van der Waals surface area contributed by atoms with E-state index < -0.39 is 0 Å². The third kappa shape index (κ3) is 3.08. The zero-order valence-electron chi connectivity index (χ0n) is 6.55. The van der Waals surface area contributed by atoms with E-state index in [0.717, 1.165) is 0 Å². The molecule has 1 amide bonds. The summed E-state index contributed by atoms with van der Waals surface area (Å²) in [6.45, 7) is 3.84. The molecule has 0 bridgehead atoms. The number of carbonyl (C=O) groups excluding carboxylic acids is 1. The molecule has 0 spiro atoms. The van der Waals surface area contributed by atoms with Crippen molar-refractivity contribution in [2.75, 3.05) is 6.26 Å². The summed E-state index contributed by atoms with van der Waals surface area (Å²) in [5, 5.41) is 0. The molecule has 0 saturated heterocycles. The van der Waals surface area contributed by atoms with Crippen LogP contribution >= 0.6 is 11.9 Å². The van der Waals surface area contributed by atoms with Crippen molar-refractivity contribution < 1.29 is 4.79 Å². The topological polar surface area (TPSA) is 55.1 Å². The zero-order chi connectivity index (χ0) is 8.15. The van der Waals surface area contributed by atoms with E-state index in [-0.39, 0.29) is 17.9 Å². The van der Waals surface area contributed by atoms with Gasteiger partial charge in [-0.05, 0) is 5.92 Å². The molecule has 60 valence electrons. The van der Waals surface area contributed by atoms with E-state index in [4.69, 9.17) is 5.73 Å². The molecule has 3 nitrogen and oxygen atoms in total. The number of hydrogen-bond donors (Lipinski definition) is 2. The maximum atomic E-state index is 10.9. The van der Waals surface area contributed by atoms with Crippen LogP contribution in [0.25, 0.3) is 0 Å². The Labute approximate surface area is 65.9 Å². The Bertz CT molecular complexity index is 116. The Morgan fingerprint density at radius 2 is 2.10 bits per heavy atom. The molecule has 1 atom stereocenters. The summed E-state index contributed by atoms with van der Waals surface area (Å²) in [4.78, 5) is 10.9. The fourth-order valence-electron chi connectivity index (χ4n) is 0.471. The van der Waals surface area contributed by atoms with Crippen LogP contribution in [-0.4, -0.2) is 18.2 Å². The summed E-state index contributed by atoms with van der Waals surface area (Å²) in [6.07, 6.45) is 1.80. The van der Waals surface area contributed by atoms with Crippen molar-refractivity contribution >= 4 is 17.9 Å². The molecule has 0 heterocycles. The fourth-order valence-corrected chi connectivity index (χ4v) is 0.809. The van der Waals surface area contributed by atoms with Crippen LogP contribution in [0.5, 0.6) is 0 Å². The third-order valence-electron chi connectivity index (χ3n) is 1.22. The SMILES string of the molecule is CSNC(=O)C(N)C(C)C. The van der Waals surface area contributed by atoms with Crippen LogP contribution in [-0.2, 0) is 4.79 Å². The maximum Gasteiger partial charge on any atom is 0.246 e. The van der Waals surface area contributed by atoms with E-state index in [1.165, 1.54) is 11.9 Å². The van der Waals surface area contributed by atoms with Gasteiger partial charge >= 0.3 is 0 Å². The minimum atomic E-state index is -0.382. The van der Waals surface area contributed by atoms with E-state index in [0.29, 0.717) is 0 Å². The molecule has 0 rings (SSSR count). The first-order chi connectivity index (χ1) is 4.59. The lowest BCUT2D eigenvalue weighted by molar-refractivity contribution is -0.121. The third-order valence-corrected chi connectivity index (χ3v) is 1.63. The Morgan fingerprint density at radius 1 is 1.60 bits per heavy atom. The highest BCUT2D eigenvalue weighted by Crippen LogP contribution is 1.98. The molecule has 0 aliphatic carbocycles. The smallest absolute Gasteiger partial charge is 0.246 e. The van der Waals surface area contributed by atoms with Gasteiger partial charge in [0.15, 0.2) is 0 Å². The number of rotatable bonds is 3. The van der Waals surface area contributed by atoms with E-state index in [1.54, 1.807) is 6.26 Å². The van der Waals surface area contributed by atoms with Crippen LogP contribution in [0.3, 0.4) is 0 Å². The first-order valence-corrected chi connectivity index (χ1v) is 4.40. The van der Waals surface area contributed by atoms with Crippen molar-refractivity contribution in [3.05, 3.63) is 0 Å². The molecule has 0 fully saturated rings. The van der Waals surface area contributed by atoms with Crippen LogP contribution in [0.1, 0.15) is 13.8 Å². The minimum Gasteiger partial charge on any atom is -0.320 e. The average molecular weight is 162 g/mol. The number of nitrogens with two attached hydrogens (primary N) is 1. The molecule has 0 aliphatic rings. The fraction of sp³-hybridized carbons (Fsp3) is 0.833. The van der Waals surface area contributed by atoms with E-state index in [9.17, 15) is 4.79 Å². The molecule has 3 N–H and O–H groups in total. The van der Waals surface area contributed by atoms with Crippen molar-refractivity contribution in [1.82, 2.24) is 4.72 Å².